The number of hydrogen-bond acceptors (Lipinski definition) is 3. The molecule has 1 aromatic rings. The highest BCUT2D eigenvalue weighted by molar-refractivity contribution is 7.91. The molecular formula is C15H24FNO2S. The number of halogens is 1. The highest BCUT2D eigenvalue weighted by atomic mass is 32.2. The number of hydrogen-bond donors (Lipinski definition) is 1. The van der Waals surface area contributed by atoms with Crippen molar-refractivity contribution >= 4 is 9.84 Å². The van der Waals surface area contributed by atoms with Crippen LogP contribution in [0, 0.1) is 12.7 Å². The van der Waals surface area contributed by atoms with E-state index in [1.54, 1.807) is 13.0 Å². The minimum Gasteiger partial charge on any atom is -0.310 e. The van der Waals surface area contributed by atoms with Crippen LogP contribution in [0.2, 0.25) is 0 Å². The summed E-state index contributed by atoms with van der Waals surface area (Å²) in [5.74, 6) is 0.0937. The van der Waals surface area contributed by atoms with E-state index >= 15 is 0 Å². The molecule has 0 bridgehead atoms. The summed E-state index contributed by atoms with van der Waals surface area (Å²) in [7, 11) is -2.95. The summed E-state index contributed by atoms with van der Waals surface area (Å²) in [6.07, 6.45) is 1.16. The van der Waals surface area contributed by atoms with Gasteiger partial charge >= 0.3 is 0 Å². The summed E-state index contributed by atoms with van der Waals surface area (Å²) in [4.78, 5) is 0. The lowest BCUT2D eigenvalue weighted by Crippen LogP contribution is -2.23. The second kappa shape index (κ2) is 7.74. The molecule has 0 amide bonds. The lowest BCUT2D eigenvalue weighted by atomic mass is 10.00. The molecule has 0 radical (unpaired) electrons. The van der Waals surface area contributed by atoms with Gasteiger partial charge in [0.15, 0.2) is 0 Å². The van der Waals surface area contributed by atoms with E-state index in [9.17, 15) is 12.8 Å². The summed E-state index contributed by atoms with van der Waals surface area (Å²) in [6.45, 7) is 6.26. The van der Waals surface area contributed by atoms with Crippen molar-refractivity contribution in [2.45, 2.75) is 39.7 Å². The monoisotopic (exact) mass is 301 g/mol. The van der Waals surface area contributed by atoms with Gasteiger partial charge in [0.25, 0.3) is 0 Å². The van der Waals surface area contributed by atoms with Gasteiger partial charge in [-0.3, -0.25) is 0 Å². The van der Waals surface area contributed by atoms with Crippen molar-refractivity contribution in [1.29, 1.82) is 0 Å². The van der Waals surface area contributed by atoms with Gasteiger partial charge in [-0.05, 0) is 32.4 Å². The number of sulfone groups is 1. The highest BCUT2D eigenvalue weighted by Gasteiger charge is 2.16. The van der Waals surface area contributed by atoms with Gasteiger partial charge in [-0.25, -0.2) is 12.8 Å². The Morgan fingerprint density at radius 1 is 1.30 bits per heavy atom. The molecule has 114 valence electrons. The second-order valence-corrected chi connectivity index (χ2v) is 7.49. The fraction of sp³-hybridized carbons (Fsp3) is 0.600. The van der Waals surface area contributed by atoms with Crippen LogP contribution in [0.3, 0.4) is 0 Å². The fourth-order valence-electron chi connectivity index (χ4n) is 2.20. The summed E-state index contributed by atoms with van der Waals surface area (Å²) in [5.41, 5.74) is 1.63. The Balaban J connectivity index is 2.76. The Morgan fingerprint density at radius 2 is 2.00 bits per heavy atom. The first kappa shape index (κ1) is 17.1. The SMILES string of the molecule is CCNC(CCCS(=O)(=O)CC)c1cc(C)ccc1F. The maximum atomic E-state index is 13.9. The standard InChI is InChI=1S/C15H24FNO2S/c1-4-17-15(7-6-10-20(18,19)5-2)13-11-12(3)8-9-14(13)16/h8-9,11,15,17H,4-7,10H2,1-3H3. The molecule has 0 spiro atoms. The third-order valence-corrected chi connectivity index (χ3v) is 5.16. The van der Waals surface area contributed by atoms with Crippen LogP contribution in [0.25, 0.3) is 0 Å². The van der Waals surface area contributed by atoms with Crippen LogP contribution in [-0.4, -0.2) is 26.5 Å². The summed E-state index contributed by atoms with van der Waals surface area (Å²) < 4.78 is 36.9. The number of benzene rings is 1. The lowest BCUT2D eigenvalue weighted by Gasteiger charge is -2.19. The van der Waals surface area contributed by atoms with Crippen LogP contribution in [-0.2, 0) is 9.84 Å². The molecule has 1 aromatic carbocycles. The first-order chi connectivity index (χ1) is 9.39. The van der Waals surface area contributed by atoms with E-state index in [0.29, 0.717) is 18.4 Å². The van der Waals surface area contributed by atoms with Crippen molar-refractivity contribution < 1.29 is 12.8 Å². The van der Waals surface area contributed by atoms with Crippen molar-refractivity contribution in [1.82, 2.24) is 5.32 Å². The third kappa shape index (κ3) is 5.21. The Labute approximate surface area is 121 Å². The zero-order valence-electron chi connectivity index (χ0n) is 12.4. The van der Waals surface area contributed by atoms with Crippen LogP contribution in [0.5, 0.6) is 0 Å². The minimum atomic E-state index is -2.95. The molecule has 20 heavy (non-hydrogen) atoms. The largest absolute Gasteiger partial charge is 0.310 e. The molecule has 1 rings (SSSR count). The van der Waals surface area contributed by atoms with Gasteiger partial charge < -0.3 is 5.32 Å². The molecule has 0 heterocycles. The van der Waals surface area contributed by atoms with E-state index in [2.05, 4.69) is 5.32 Å². The van der Waals surface area contributed by atoms with Gasteiger partial charge in [-0.15, -0.1) is 0 Å². The quantitative estimate of drug-likeness (QED) is 0.803. The van der Waals surface area contributed by atoms with Gasteiger partial charge in [0.1, 0.15) is 15.7 Å². The van der Waals surface area contributed by atoms with Crippen molar-refractivity contribution in [3.8, 4) is 0 Å². The summed E-state index contributed by atoms with van der Waals surface area (Å²) in [5, 5.41) is 3.24. The van der Waals surface area contributed by atoms with E-state index in [0.717, 1.165) is 12.1 Å². The molecule has 1 unspecified atom stereocenters. The first-order valence-corrected chi connectivity index (χ1v) is 8.91. The Kier molecular flexibility index (Phi) is 6.62. The van der Waals surface area contributed by atoms with E-state index in [-0.39, 0.29) is 23.4 Å². The van der Waals surface area contributed by atoms with E-state index < -0.39 is 9.84 Å². The Bertz CT molecular complexity index is 529. The van der Waals surface area contributed by atoms with Gasteiger partial charge in [0.05, 0.1) is 5.75 Å². The van der Waals surface area contributed by atoms with Crippen LogP contribution in [0.15, 0.2) is 18.2 Å². The second-order valence-electron chi connectivity index (χ2n) is 5.01. The molecule has 1 N–H and O–H groups in total. The average Bonchev–Trinajstić information content (AvgIpc) is 2.40. The number of rotatable bonds is 8. The van der Waals surface area contributed by atoms with Gasteiger partial charge in [0.2, 0.25) is 0 Å². The summed E-state index contributed by atoms with van der Waals surface area (Å²) in [6, 6.07) is 4.91. The highest BCUT2D eigenvalue weighted by Crippen LogP contribution is 2.23. The zero-order chi connectivity index (χ0) is 15.2. The number of nitrogens with one attached hydrogen (secondary N) is 1. The zero-order valence-corrected chi connectivity index (χ0v) is 13.3. The van der Waals surface area contributed by atoms with Crippen molar-refractivity contribution in [2.75, 3.05) is 18.1 Å². The minimum absolute atomic E-state index is 0.132. The fourth-order valence-corrected chi connectivity index (χ4v) is 3.09. The molecule has 1 atom stereocenters. The van der Waals surface area contributed by atoms with E-state index in [1.165, 1.54) is 6.07 Å². The molecule has 3 nitrogen and oxygen atoms in total. The van der Waals surface area contributed by atoms with Crippen LogP contribution >= 0.6 is 0 Å². The van der Waals surface area contributed by atoms with Crippen molar-refractivity contribution in [2.24, 2.45) is 0 Å². The molecule has 0 aliphatic rings. The van der Waals surface area contributed by atoms with Crippen LogP contribution < -0.4 is 5.32 Å². The molecular weight excluding hydrogens is 277 g/mol. The van der Waals surface area contributed by atoms with Crippen LogP contribution in [0.1, 0.15) is 43.9 Å². The molecule has 0 aromatic heterocycles. The van der Waals surface area contributed by atoms with Crippen molar-refractivity contribution in [3.05, 3.63) is 35.1 Å². The van der Waals surface area contributed by atoms with E-state index in [4.69, 9.17) is 0 Å². The molecule has 5 heteroatoms. The lowest BCUT2D eigenvalue weighted by molar-refractivity contribution is 0.479. The number of aryl methyl sites for hydroxylation is 1. The van der Waals surface area contributed by atoms with Gasteiger partial charge in [-0.2, -0.15) is 0 Å². The topological polar surface area (TPSA) is 46.2 Å². The molecule has 0 saturated carbocycles. The maximum absolute atomic E-state index is 13.9. The first-order valence-electron chi connectivity index (χ1n) is 7.09. The van der Waals surface area contributed by atoms with E-state index in [1.807, 2.05) is 19.9 Å². The third-order valence-electron chi connectivity index (χ3n) is 3.37. The molecule has 0 aliphatic carbocycles. The molecule has 0 fully saturated rings. The smallest absolute Gasteiger partial charge is 0.150 e. The predicted octanol–water partition coefficient (Wildman–Crippen LogP) is 3.00. The Hall–Kier alpha value is -0.940. The molecule has 0 aliphatic heterocycles. The van der Waals surface area contributed by atoms with Crippen LogP contribution in [0.4, 0.5) is 4.39 Å². The maximum Gasteiger partial charge on any atom is 0.150 e. The average molecular weight is 301 g/mol. The summed E-state index contributed by atoms with van der Waals surface area (Å²) >= 11 is 0. The predicted molar refractivity (Wildman–Crippen MR) is 81.1 cm³/mol. The normalized spacial score (nSPS) is 13.4. The van der Waals surface area contributed by atoms with Gasteiger partial charge in [-0.1, -0.05) is 31.5 Å². The molecule has 0 saturated heterocycles. The van der Waals surface area contributed by atoms with Gasteiger partial charge in [0, 0.05) is 17.4 Å². The Morgan fingerprint density at radius 3 is 2.60 bits per heavy atom. The van der Waals surface area contributed by atoms with Crippen molar-refractivity contribution in [3.63, 3.8) is 0 Å².